The number of anilines is 1. The van der Waals surface area contributed by atoms with Crippen molar-refractivity contribution in [2.24, 2.45) is 11.7 Å². The fourth-order valence-corrected chi connectivity index (χ4v) is 1.77. The number of nitrogens with one attached hydrogen (secondary N) is 2. The van der Waals surface area contributed by atoms with Crippen molar-refractivity contribution >= 4 is 28.4 Å². The number of hydrogen-bond acceptors (Lipinski definition) is 4. The van der Waals surface area contributed by atoms with Gasteiger partial charge in [-0.25, -0.2) is 4.98 Å². The summed E-state index contributed by atoms with van der Waals surface area (Å²) in [7, 11) is 0. The molecule has 0 radical (unpaired) electrons. The number of nitrogens with zero attached hydrogens (tertiary/aromatic N) is 1. The summed E-state index contributed by atoms with van der Waals surface area (Å²) >= 11 is 1.99. The molecule has 90 valence electrons. The molecule has 4 N–H and O–H groups in total. The van der Waals surface area contributed by atoms with Gasteiger partial charge in [-0.05, 0) is 47.9 Å². The summed E-state index contributed by atoms with van der Waals surface area (Å²) in [6.45, 7) is 3.67. The van der Waals surface area contributed by atoms with Gasteiger partial charge in [-0.1, -0.05) is 6.92 Å². The first kappa shape index (κ1) is 13.4. The maximum Gasteiger partial charge on any atom is 0.266 e. The van der Waals surface area contributed by atoms with Crippen molar-refractivity contribution in [3.8, 4) is 0 Å². The van der Waals surface area contributed by atoms with Crippen LogP contribution in [0.4, 0.5) is 5.82 Å². The minimum atomic E-state index is -0.103. The van der Waals surface area contributed by atoms with Crippen molar-refractivity contribution in [3.05, 3.63) is 20.3 Å². The molecule has 0 aliphatic carbocycles. The van der Waals surface area contributed by atoms with Crippen LogP contribution in [-0.2, 0) is 0 Å². The smallest absolute Gasteiger partial charge is 0.266 e. The Morgan fingerprint density at radius 2 is 2.44 bits per heavy atom. The molecule has 0 aliphatic heterocycles. The van der Waals surface area contributed by atoms with Crippen molar-refractivity contribution in [2.75, 3.05) is 18.4 Å². The van der Waals surface area contributed by atoms with Gasteiger partial charge in [0.15, 0.2) is 0 Å². The lowest BCUT2D eigenvalue weighted by molar-refractivity contribution is 0.529. The molecule has 16 heavy (non-hydrogen) atoms. The Kier molecular flexibility index (Phi) is 5.75. The van der Waals surface area contributed by atoms with E-state index >= 15 is 0 Å². The number of rotatable bonds is 6. The maximum atomic E-state index is 11.3. The van der Waals surface area contributed by atoms with Crippen LogP contribution >= 0.6 is 22.6 Å². The number of aromatic nitrogens is 2. The topological polar surface area (TPSA) is 83.8 Å². The molecule has 0 saturated heterocycles. The van der Waals surface area contributed by atoms with E-state index in [4.69, 9.17) is 5.73 Å². The van der Waals surface area contributed by atoms with Crippen LogP contribution in [0.25, 0.3) is 0 Å². The maximum absolute atomic E-state index is 11.3. The third-order valence-corrected chi connectivity index (χ3v) is 3.37. The van der Waals surface area contributed by atoms with Crippen molar-refractivity contribution < 1.29 is 0 Å². The van der Waals surface area contributed by atoms with Crippen LogP contribution in [0.15, 0.2) is 11.1 Å². The van der Waals surface area contributed by atoms with E-state index in [-0.39, 0.29) is 5.56 Å². The van der Waals surface area contributed by atoms with Gasteiger partial charge in [-0.3, -0.25) is 4.79 Å². The average Bonchev–Trinajstić information content (AvgIpc) is 2.29. The normalized spacial score (nSPS) is 12.4. The molecule has 6 heteroatoms. The third kappa shape index (κ3) is 4.09. The highest BCUT2D eigenvalue weighted by Gasteiger charge is 2.04. The van der Waals surface area contributed by atoms with Gasteiger partial charge < -0.3 is 16.0 Å². The fraction of sp³-hybridized carbons (Fsp3) is 0.600. The Balaban J connectivity index is 2.38. The predicted octanol–water partition coefficient (Wildman–Crippen LogP) is 1.16. The predicted molar refractivity (Wildman–Crippen MR) is 73.5 cm³/mol. The van der Waals surface area contributed by atoms with Gasteiger partial charge in [0.25, 0.3) is 5.56 Å². The zero-order valence-electron chi connectivity index (χ0n) is 9.29. The minimum Gasteiger partial charge on any atom is -0.369 e. The first-order valence-corrected chi connectivity index (χ1v) is 6.40. The first-order valence-electron chi connectivity index (χ1n) is 5.32. The molecule has 0 bridgehead atoms. The summed E-state index contributed by atoms with van der Waals surface area (Å²) in [6.07, 6.45) is 3.53. The fourth-order valence-electron chi connectivity index (χ4n) is 1.28. The van der Waals surface area contributed by atoms with E-state index in [1.165, 1.54) is 6.33 Å². The molecule has 0 fully saturated rings. The molecule has 1 unspecified atom stereocenters. The van der Waals surface area contributed by atoms with E-state index in [1.807, 2.05) is 22.6 Å². The van der Waals surface area contributed by atoms with Gasteiger partial charge in [-0.2, -0.15) is 0 Å². The van der Waals surface area contributed by atoms with Crippen molar-refractivity contribution in [1.29, 1.82) is 0 Å². The number of aromatic amines is 1. The molecule has 1 aromatic heterocycles. The standard InChI is InChI=1S/C10H17IN4O/c1-7(5-12)3-2-4-13-9-8(11)10(16)15-6-14-9/h6-7H,2-5,12H2,1H3,(H2,13,14,15,16). The Morgan fingerprint density at radius 1 is 1.69 bits per heavy atom. The third-order valence-electron chi connectivity index (χ3n) is 2.37. The number of nitrogens with two attached hydrogens (primary N) is 1. The Bertz CT molecular complexity index is 379. The summed E-state index contributed by atoms with van der Waals surface area (Å²) in [5.41, 5.74) is 5.43. The molecular weight excluding hydrogens is 319 g/mol. The summed E-state index contributed by atoms with van der Waals surface area (Å²) in [5.74, 6) is 1.21. The molecular formula is C10H17IN4O. The second-order valence-electron chi connectivity index (χ2n) is 3.80. The van der Waals surface area contributed by atoms with Crippen molar-refractivity contribution in [2.45, 2.75) is 19.8 Å². The van der Waals surface area contributed by atoms with Crippen molar-refractivity contribution in [1.82, 2.24) is 9.97 Å². The Hall–Kier alpha value is -0.630. The van der Waals surface area contributed by atoms with E-state index in [9.17, 15) is 4.79 Å². The summed E-state index contributed by atoms with van der Waals surface area (Å²) < 4.78 is 0.604. The molecule has 1 heterocycles. The van der Waals surface area contributed by atoms with Crippen LogP contribution < -0.4 is 16.6 Å². The molecule has 0 spiro atoms. The highest BCUT2D eigenvalue weighted by molar-refractivity contribution is 14.1. The Labute approximate surface area is 108 Å². The van der Waals surface area contributed by atoms with E-state index in [2.05, 4.69) is 22.2 Å². The van der Waals surface area contributed by atoms with Gasteiger partial charge in [0.2, 0.25) is 0 Å². The summed E-state index contributed by atoms with van der Waals surface area (Å²) in [6, 6.07) is 0. The average molecular weight is 336 g/mol. The molecule has 0 aromatic carbocycles. The van der Waals surface area contributed by atoms with Crippen LogP contribution in [-0.4, -0.2) is 23.1 Å². The van der Waals surface area contributed by atoms with Crippen LogP contribution in [0.1, 0.15) is 19.8 Å². The highest BCUT2D eigenvalue weighted by atomic mass is 127. The monoisotopic (exact) mass is 336 g/mol. The number of halogens is 1. The lowest BCUT2D eigenvalue weighted by atomic mass is 10.1. The SMILES string of the molecule is CC(CN)CCCNc1nc[nH]c(=O)c1I. The lowest BCUT2D eigenvalue weighted by Crippen LogP contribution is -2.16. The van der Waals surface area contributed by atoms with Crippen LogP contribution in [0.5, 0.6) is 0 Å². The zero-order valence-corrected chi connectivity index (χ0v) is 11.5. The van der Waals surface area contributed by atoms with Crippen LogP contribution in [0.3, 0.4) is 0 Å². The second-order valence-corrected chi connectivity index (χ2v) is 4.88. The zero-order chi connectivity index (χ0) is 12.0. The van der Waals surface area contributed by atoms with Gasteiger partial charge in [0.05, 0.1) is 6.33 Å². The minimum absolute atomic E-state index is 0.103. The molecule has 0 saturated carbocycles. The Morgan fingerprint density at radius 3 is 3.12 bits per heavy atom. The number of hydrogen-bond donors (Lipinski definition) is 3. The van der Waals surface area contributed by atoms with Gasteiger partial charge in [-0.15, -0.1) is 0 Å². The number of H-pyrrole nitrogens is 1. The van der Waals surface area contributed by atoms with Crippen LogP contribution in [0.2, 0.25) is 0 Å². The first-order chi connectivity index (χ1) is 7.65. The lowest BCUT2D eigenvalue weighted by Gasteiger charge is -2.09. The van der Waals surface area contributed by atoms with Crippen LogP contribution in [0, 0.1) is 9.49 Å². The molecule has 0 amide bonds. The summed E-state index contributed by atoms with van der Waals surface area (Å²) in [4.78, 5) is 17.9. The second kappa shape index (κ2) is 6.85. The largest absolute Gasteiger partial charge is 0.369 e. The van der Waals surface area contributed by atoms with Gasteiger partial charge >= 0.3 is 0 Å². The molecule has 1 atom stereocenters. The molecule has 0 aliphatic rings. The van der Waals surface area contributed by atoms with Crippen molar-refractivity contribution in [3.63, 3.8) is 0 Å². The molecule has 5 nitrogen and oxygen atoms in total. The van der Waals surface area contributed by atoms with E-state index in [0.29, 0.717) is 15.3 Å². The van der Waals surface area contributed by atoms with Gasteiger partial charge in [0.1, 0.15) is 9.39 Å². The van der Waals surface area contributed by atoms with Gasteiger partial charge in [0, 0.05) is 6.54 Å². The quantitative estimate of drug-likeness (QED) is 0.538. The van der Waals surface area contributed by atoms with E-state index in [1.54, 1.807) is 0 Å². The highest BCUT2D eigenvalue weighted by Crippen LogP contribution is 2.09. The molecule has 1 rings (SSSR count). The summed E-state index contributed by atoms with van der Waals surface area (Å²) in [5, 5.41) is 3.15. The molecule has 1 aromatic rings. The van der Waals surface area contributed by atoms with E-state index in [0.717, 1.165) is 25.9 Å². The van der Waals surface area contributed by atoms with E-state index < -0.39 is 0 Å².